The summed E-state index contributed by atoms with van der Waals surface area (Å²) in [5.41, 5.74) is 0.495. The van der Waals surface area contributed by atoms with Crippen LogP contribution in [0, 0.1) is 11.8 Å². The Morgan fingerprint density at radius 2 is 1.94 bits per heavy atom. The van der Waals surface area contributed by atoms with Gasteiger partial charge in [-0.2, -0.15) is 0 Å². The summed E-state index contributed by atoms with van der Waals surface area (Å²) in [5.74, 6) is 1.83. The first-order valence-corrected chi connectivity index (χ1v) is 6.13. The second kappa shape index (κ2) is 3.49. The van der Waals surface area contributed by atoms with Crippen LogP contribution in [0.3, 0.4) is 0 Å². The quantitative estimate of drug-likeness (QED) is 0.827. The summed E-state index contributed by atoms with van der Waals surface area (Å²) in [5, 5.41) is 10.7. The summed E-state index contributed by atoms with van der Waals surface area (Å²) in [7, 11) is 1.67. The zero-order valence-electron chi connectivity index (χ0n) is 9.65. The van der Waals surface area contributed by atoms with E-state index in [2.05, 4.69) is 0 Å². The fourth-order valence-electron chi connectivity index (χ4n) is 3.39. The summed E-state index contributed by atoms with van der Waals surface area (Å²) >= 11 is 0. The van der Waals surface area contributed by atoms with E-state index in [4.69, 9.17) is 4.74 Å². The molecular formula is C14H18O2. The van der Waals surface area contributed by atoms with Crippen molar-refractivity contribution < 1.29 is 9.84 Å². The lowest BCUT2D eigenvalue weighted by Gasteiger charge is -2.12. The highest BCUT2D eigenvalue weighted by Gasteiger charge is 2.64. The minimum absolute atomic E-state index is 0.494. The monoisotopic (exact) mass is 218 g/mol. The Kier molecular flexibility index (Phi) is 2.21. The predicted octanol–water partition coefficient (Wildman–Crippen LogP) is 2.70. The van der Waals surface area contributed by atoms with Crippen LogP contribution in [0.1, 0.15) is 31.2 Å². The lowest BCUT2D eigenvalue weighted by atomic mass is 10.0. The number of fused-ring (bicyclic) bond motifs is 1. The van der Waals surface area contributed by atoms with E-state index in [-0.39, 0.29) is 0 Å². The number of hydrogen-bond acceptors (Lipinski definition) is 2. The number of rotatable bonds is 2. The zero-order chi connectivity index (χ0) is 11.2. The lowest BCUT2D eigenvalue weighted by Crippen LogP contribution is -2.10. The summed E-state index contributed by atoms with van der Waals surface area (Å²) in [6, 6.07) is 7.91. The molecule has 1 aromatic carbocycles. The molecule has 1 N–H and O–H groups in total. The van der Waals surface area contributed by atoms with Gasteiger partial charge < -0.3 is 9.84 Å². The third-order valence-corrected chi connectivity index (χ3v) is 4.32. The maximum Gasteiger partial charge on any atom is 0.119 e. The Morgan fingerprint density at radius 3 is 2.56 bits per heavy atom. The van der Waals surface area contributed by atoms with Crippen molar-refractivity contribution in [3.05, 3.63) is 29.8 Å². The highest BCUT2D eigenvalue weighted by atomic mass is 16.5. The molecule has 2 saturated carbocycles. The number of methoxy groups -OCH3 is 1. The molecule has 2 atom stereocenters. The third kappa shape index (κ3) is 1.29. The van der Waals surface area contributed by atoms with Gasteiger partial charge in [-0.1, -0.05) is 25.0 Å². The second-order valence-electron chi connectivity index (χ2n) is 5.05. The molecule has 2 heteroatoms. The van der Waals surface area contributed by atoms with Crippen molar-refractivity contribution >= 4 is 0 Å². The normalized spacial score (nSPS) is 36.6. The molecule has 16 heavy (non-hydrogen) atoms. The van der Waals surface area contributed by atoms with E-state index in [1.807, 2.05) is 24.3 Å². The molecule has 0 saturated heterocycles. The number of aliphatic hydroxyl groups is 1. The van der Waals surface area contributed by atoms with Crippen molar-refractivity contribution in [1.29, 1.82) is 0 Å². The van der Waals surface area contributed by atoms with Gasteiger partial charge in [0, 0.05) is 0 Å². The second-order valence-corrected chi connectivity index (χ2v) is 5.05. The van der Waals surface area contributed by atoms with Crippen LogP contribution in [0.4, 0.5) is 0 Å². The lowest BCUT2D eigenvalue weighted by molar-refractivity contribution is 0.118. The Bertz CT molecular complexity index is 387. The summed E-state index contributed by atoms with van der Waals surface area (Å²) < 4.78 is 5.22. The van der Waals surface area contributed by atoms with Crippen molar-refractivity contribution in [2.75, 3.05) is 7.11 Å². The largest absolute Gasteiger partial charge is 0.497 e. The highest BCUT2D eigenvalue weighted by Crippen LogP contribution is 2.64. The van der Waals surface area contributed by atoms with Crippen LogP contribution < -0.4 is 4.74 Å². The first-order valence-electron chi connectivity index (χ1n) is 6.13. The van der Waals surface area contributed by atoms with E-state index in [0.717, 1.165) is 11.3 Å². The molecule has 2 aliphatic rings. The van der Waals surface area contributed by atoms with Crippen molar-refractivity contribution in [3.8, 4) is 5.75 Å². The molecule has 3 rings (SSSR count). The molecule has 1 aromatic rings. The van der Waals surface area contributed by atoms with Gasteiger partial charge in [0.2, 0.25) is 0 Å². The van der Waals surface area contributed by atoms with Crippen LogP contribution in [0.2, 0.25) is 0 Å². The van der Waals surface area contributed by atoms with Gasteiger partial charge in [0.1, 0.15) is 5.75 Å². The zero-order valence-corrected chi connectivity index (χ0v) is 9.65. The van der Waals surface area contributed by atoms with Crippen LogP contribution in [-0.2, 0) is 5.60 Å². The molecule has 0 spiro atoms. The minimum atomic E-state index is -0.551. The van der Waals surface area contributed by atoms with Crippen molar-refractivity contribution in [2.45, 2.75) is 31.3 Å². The van der Waals surface area contributed by atoms with Crippen LogP contribution >= 0.6 is 0 Å². The standard InChI is InChI=1S/C14H18O2/c1-16-11-6-4-5-10(9-11)14(15)12-7-2-3-8-13(12)14/h4-6,9,12-13,15H,2-3,7-8H2,1H3. The fraction of sp³-hybridized carbons (Fsp3) is 0.571. The predicted molar refractivity (Wildman–Crippen MR) is 62.3 cm³/mol. The van der Waals surface area contributed by atoms with Crippen LogP contribution in [0.25, 0.3) is 0 Å². The van der Waals surface area contributed by atoms with E-state index in [9.17, 15) is 5.11 Å². The fourth-order valence-corrected chi connectivity index (χ4v) is 3.39. The molecule has 0 aromatic heterocycles. The average Bonchev–Trinajstić information content (AvgIpc) is 2.98. The van der Waals surface area contributed by atoms with Gasteiger partial charge in [-0.3, -0.25) is 0 Å². The van der Waals surface area contributed by atoms with Gasteiger partial charge in [-0.05, 0) is 42.4 Å². The van der Waals surface area contributed by atoms with Gasteiger partial charge >= 0.3 is 0 Å². The molecule has 86 valence electrons. The molecule has 2 nitrogen and oxygen atoms in total. The average molecular weight is 218 g/mol. The van der Waals surface area contributed by atoms with Crippen LogP contribution in [-0.4, -0.2) is 12.2 Å². The van der Waals surface area contributed by atoms with E-state index >= 15 is 0 Å². The summed E-state index contributed by atoms with van der Waals surface area (Å²) in [6.45, 7) is 0. The number of hydrogen-bond donors (Lipinski definition) is 1. The Hall–Kier alpha value is -1.02. The van der Waals surface area contributed by atoms with Crippen LogP contribution in [0.5, 0.6) is 5.75 Å². The molecule has 0 amide bonds. The van der Waals surface area contributed by atoms with Crippen molar-refractivity contribution in [3.63, 3.8) is 0 Å². The van der Waals surface area contributed by atoms with Gasteiger partial charge in [-0.25, -0.2) is 0 Å². The smallest absolute Gasteiger partial charge is 0.119 e. The van der Waals surface area contributed by atoms with Gasteiger partial charge in [0.25, 0.3) is 0 Å². The van der Waals surface area contributed by atoms with Gasteiger partial charge in [0.05, 0.1) is 12.7 Å². The highest BCUT2D eigenvalue weighted by molar-refractivity contribution is 5.38. The molecule has 2 aliphatic carbocycles. The SMILES string of the molecule is COc1cccc(C2(O)C3CCCCC32)c1. The minimum Gasteiger partial charge on any atom is -0.497 e. The molecule has 2 fully saturated rings. The summed E-state index contributed by atoms with van der Waals surface area (Å²) in [6.07, 6.45) is 4.90. The molecular weight excluding hydrogens is 200 g/mol. The Labute approximate surface area is 96.2 Å². The van der Waals surface area contributed by atoms with E-state index < -0.39 is 5.60 Å². The molecule has 0 heterocycles. The van der Waals surface area contributed by atoms with Gasteiger partial charge in [-0.15, -0.1) is 0 Å². The van der Waals surface area contributed by atoms with E-state index in [0.29, 0.717) is 11.8 Å². The first kappa shape index (κ1) is 10.2. The van der Waals surface area contributed by atoms with Crippen molar-refractivity contribution in [2.24, 2.45) is 11.8 Å². The summed E-state index contributed by atoms with van der Waals surface area (Å²) in [4.78, 5) is 0. The maximum absolute atomic E-state index is 10.7. The number of ether oxygens (including phenoxy) is 1. The Morgan fingerprint density at radius 1 is 1.25 bits per heavy atom. The molecule has 0 radical (unpaired) electrons. The molecule has 2 unspecified atom stereocenters. The van der Waals surface area contributed by atoms with E-state index in [1.54, 1.807) is 7.11 Å². The first-order chi connectivity index (χ1) is 7.76. The number of benzene rings is 1. The Balaban J connectivity index is 1.92. The molecule has 0 aliphatic heterocycles. The topological polar surface area (TPSA) is 29.5 Å². The van der Waals surface area contributed by atoms with Crippen molar-refractivity contribution in [1.82, 2.24) is 0 Å². The van der Waals surface area contributed by atoms with E-state index in [1.165, 1.54) is 25.7 Å². The van der Waals surface area contributed by atoms with Gasteiger partial charge in [0.15, 0.2) is 0 Å². The molecule has 0 bridgehead atoms. The maximum atomic E-state index is 10.7. The van der Waals surface area contributed by atoms with Crippen LogP contribution in [0.15, 0.2) is 24.3 Å². The third-order valence-electron chi connectivity index (χ3n) is 4.32.